The lowest BCUT2D eigenvalue weighted by atomic mass is 9.85. The Bertz CT molecular complexity index is 558. The van der Waals surface area contributed by atoms with Gasteiger partial charge in [0.25, 0.3) is 5.56 Å². The maximum Gasteiger partial charge on any atom is 0.330 e. The summed E-state index contributed by atoms with van der Waals surface area (Å²) in [5, 5.41) is 9.26. The first-order valence-electron chi connectivity index (χ1n) is 5.93. The monoisotopic (exact) mass is 254 g/mol. The summed E-state index contributed by atoms with van der Waals surface area (Å²) in [5.74, 6) is 0. The van der Waals surface area contributed by atoms with E-state index >= 15 is 0 Å². The molecule has 6 nitrogen and oxygen atoms in total. The number of aryl methyl sites for hydroxylation is 1. The SMILES string of the molecule is Cc1cn([C@@H]2CC(C)(C)[C@@H](CO)O2)c(=O)[nH]c1=O. The molecule has 1 saturated heterocycles. The van der Waals surface area contributed by atoms with Crippen molar-refractivity contribution in [1.82, 2.24) is 9.55 Å². The molecule has 2 N–H and O–H groups in total. The van der Waals surface area contributed by atoms with Gasteiger partial charge in [-0.2, -0.15) is 0 Å². The molecule has 2 atom stereocenters. The van der Waals surface area contributed by atoms with Crippen molar-refractivity contribution in [3.63, 3.8) is 0 Å². The Morgan fingerprint density at radius 3 is 2.78 bits per heavy atom. The number of H-pyrrole nitrogens is 1. The molecule has 1 aliphatic rings. The largest absolute Gasteiger partial charge is 0.394 e. The van der Waals surface area contributed by atoms with Gasteiger partial charge in [-0.1, -0.05) is 13.8 Å². The first-order chi connectivity index (χ1) is 8.35. The van der Waals surface area contributed by atoms with Gasteiger partial charge < -0.3 is 9.84 Å². The number of ether oxygens (including phenoxy) is 1. The van der Waals surface area contributed by atoms with Crippen molar-refractivity contribution >= 4 is 0 Å². The molecular weight excluding hydrogens is 236 g/mol. The van der Waals surface area contributed by atoms with Crippen LogP contribution in [-0.4, -0.2) is 27.4 Å². The van der Waals surface area contributed by atoms with Gasteiger partial charge >= 0.3 is 5.69 Å². The second-order valence-corrected chi connectivity index (χ2v) is 5.43. The van der Waals surface area contributed by atoms with Crippen LogP contribution in [0.5, 0.6) is 0 Å². The van der Waals surface area contributed by atoms with Crippen LogP contribution in [0.3, 0.4) is 0 Å². The molecule has 100 valence electrons. The molecule has 2 rings (SSSR count). The lowest BCUT2D eigenvalue weighted by molar-refractivity contribution is -0.0428. The average Bonchev–Trinajstić information content (AvgIpc) is 2.58. The van der Waals surface area contributed by atoms with E-state index in [-0.39, 0.29) is 23.7 Å². The van der Waals surface area contributed by atoms with Crippen molar-refractivity contribution in [3.8, 4) is 0 Å². The van der Waals surface area contributed by atoms with E-state index in [0.29, 0.717) is 12.0 Å². The smallest absolute Gasteiger partial charge is 0.330 e. The van der Waals surface area contributed by atoms with Crippen molar-refractivity contribution in [2.75, 3.05) is 6.61 Å². The van der Waals surface area contributed by atoms with E-state index in [9.17, 15) is 14.7 Å². The van der Waals surface area contributed by atoms with Crippen LogP contribution in [0.1, 0.15) is 32.1 Å². The summed E-state index contributed by atoms with van der Waals surface area (Å²) in [6, 6.07) is 0. The Morgan fingerprint density at radius 2 is 2.22 bits per heavy atom. The third kappa shape index (κ3) is 2.13. The van der Waals surface area contributed by atoms with E-state index in [4.69, 9.17) is 4.74 Å². The summed E-state index contributed by atoms with van der Waals surface area (Å²) in [5.41, 5.74) is -0.608. The molecule has 0 unspecified atom stereocenters. The van der Waals surface area contributed by atoms with Gasteiger partial charge in [-0.15, -0.1) is 0 Å². The zero-order chi connectivity index (χ0) is 13.5. The van der Waals surface area contributed by atoms with Gasteiger partial charge in [-0.3, -0.25) is 14.3 Å². The molecule has 0 spiro atoms. The summed E-state index contributed by atoms with van der Waals surface area (Å²) < 4.78 is 7.06. The molecule has 1 aromatic rings. The fourth-order valence-corrected chi connectivity index (χ4v) is 2.26. The lowest BCUT2D eigenvalue weighted by Gasteiger charge is -2.22. The van der Waals surface area contributed by atoms with Gasteiger partial charge in [-0.25, -0.2) is 4.79 Å². The summed E-state index contributed by atoms with van der Waals surface area (Å²) in [6.07, 6.45) is 1.37. The normalized spacial score (nSPS) is 26.4. The van der Waals surface area contributed by atoms with Crippen LogP contribution in [0.25, 0.3) is 0 Å². The molecule has 0 radical (unpaired) electrons. The zero-order valence-corrected chi connectivity index (χ0v) is 10.8. The van der Waals surface area contributed by atoms with E-state index in [0.717, 1.165) is 0 Å². The van der Waals surface area contributed by atoms with Crippen LogP contribution < -0.4 is 11.2 Å². The van der Waals surface area contributed by atoms with E-state index in [1.165, 1.54) is 10.8 Å². The highest BCUT2D eigenvalue weighted by Crippen LogP contribution is 2.41. The van der Waals surface area contributed by atoms with E-state index in [1.807, 2.05) is 13.8 Å². The minimum atomic E-state index is -0.481. The Morgan fingerprint density at radius 1 is 1.56 bits per heavy atom. The molecule has 1 aromatic heterocycles. The number of nitrogens with one attached hydrogen (secondary N) is 1. The van der Waals surface area contributed by atoms with E-state index in [2.05, 4.69) is 4.98 Å². The van der Waals surface area contributed by atoms with E-state index in [1.54, 1.807) is 6.92 Å². The molecule has 0 aromatic carbocycles. The fraction of sp³-hybridized carbons (Fsp3) is 0.667. The molecule has 1 fully saturated rings. The van der Waals surface area contributed by atoms with Crippen LogP contribution in [0, 0.1) is 12.3 Å². The quantitative estimate of drug-likeness (QED) is 0.787. The van der Waals surface area contributed by atoms with Crippen LogP contribution in [0.15, 0.2) is 15.8 Å². The van der Waals surface area contributed by atoms with Crippen LogP contribution in [0.2, 0.25) is 0 Å². The highest BCUT2D eigenvalue weighted by atomic mass is 16.5. The third-order valence-electron chi connectivity index (χ3n) is 3.52. The summed E-state index contributed by atoms with van der Waals surface area (Å²) in [4.78, 5) is 25.3. The Balaban J connectivity index is 2.38. The first kappa shape index (κ1) is 13.0. The molecule has 2 heterocycles. The van der Waals surface area contributed by atoms with Gasteiger partial charge in [-0.05, 0) is 12.3 Å². The van der Waals surface area contributed by atoms with Gasteiger partial charge in [0.2, 0.25) is 0 Å². The molecule has 0 aliphatic carbocycles. The van der Waals surface area contributed by atoms with Crippen LogP contribution >= 0.6 is 0 Å². The van der Waals surface area contributed by atoms with Crippen LogP contribution in [0.4, 0.5) is 0 Å². The molecular formula is C12H18N2O4. The second-order valence-electron chi connectivity index (χ2n) is 5.43. The van der Waals surface area contributed by atoms with Crippen molar-refractivity contribution in [1.29, 1.82) is 0 Å². The van der Waals surface area contributed by atoms with Gasteiger partial charge in [0.15, 0.2) is 0 Å². The molecule has 0 amide bonds. The highest BCUT2D eigenvalue weighted by Gasteiger charge is 2.42. The van der Waals surface area contributed by atoms with Crippen molar-refractivity contribution < 1.29 is 9.84 Å². The van der Waals surface area contributed by atoms with E-state index < -0.39 is 11.9 Å². The number of nitrogens with zero attached hydrogens (tertiary/aromatic N) is 1. The number of hydrogen-bond acceptors (Lipinski definition) is 4. The van der Waals surface area contributed by atoms with Gasteiger partial charge in [0, 0.05) is 18.2 Å². The number of aliphatic hydroxyl groups excluding tert-OH is 1. The predicted molar refractivity (Wildman–Crippen MR) is 65.5 cm³/mol. The number of hydrogen-bond donors (Lipinski definition) is 2. The maximum absolute atomic E-state index is 11.8. The predicted octanol–water partition coefficient (Wildman–Crippen LogP) is 0.151. The van der Waals surface area contributed by atoms with Crippen LogP contribution in [-0.2, 0) is 4.74 Å². The number of aliphatic hydroxyl groups is 1. The highest BCUT2D eigenvalue weighted by molar-refractivity contribution is 5.02. The van der Waals surface area contributed by atoms with Crippen molar-refractivity contribution in [2.24, 2.45) is 5.41 Å². The van der Waals surface area contributed by atoms with Crippen molar-refractivity contribution in [3.05, 3.63) is 32.6 Å². The average molecular weight is 254 g/mol. The lowest BCUT2D eigenvalue weighted by Crippen LogP contribution is -2.33. The summed E-state index contributed by atoms with van der Waals surface area (Å²) >= 11 is 0. The maximum atomic E-state index is 11.8. The summed E-state index contributed by atoms with van der Waals surface area (Å²) in [7, 11) is 0. The van der Waals surface area contributed by atoms with Gasteiger partial charge in [0.05, 0.1) is 12.7 Å². The zero-order valence-electron chi connectivity index (χ0n) is 10.8. The Labute approximate surface area is 104 Å². The summed E-state index contributed by atoms with van der Waals surface area (Å²) in [6.45, 7) is 5.52. The molecule has 1 aliphatic heterocycles. The van der Waals surface area contributed by atoms with Crippen molar-refractivity contribution in [2.45, 2.75) is 39.5 Å². The molecule has 0 saturated carbocycles. The van der Waals surface area contributed by atoms with Gasteiger partial charge in [0.1, 0.15) is 6.23 Å². The number of aromatic nitrogens is 2. The molecule has 18 heavy (non-hydrogen) atoms. The molecule has 0 bridgehead atoms. The third-order valence-corrected chi connectivity index (χ3v) is 3.52. The number of rotatable bonds is 2. The minimum absolute atomic E-state index is 0.0828. The fourth-order valence-electron chi connectivity index (χ4n) is 2.26. The number of aromatic amines is 1. The first-order valence-corrected chi connectivity index (χ1v) is 5.93. The molecule has 6 heteroatoms. The standard InChI is InChI=1S/C12H18N2O4/c1-7-5-14(11(17)13-10(7)16)9-4-12(2,3)8(6-15)18-9/h5,8-9,15H,4,6H2,1-3H3,(H,13,16,17)/t8-,9+/m1/s1. The second kappa shape index (κ2) is 4.37. The minimum Gasteiger partial charge on any atom is -0.394 e. The Kier molecular flexibility index (Phi) is 3.16. The Hall–Kier alpha value is -1.40. The topological polar surface area (TPSA) is 84.3 Å².